The minimum Gasteiger partial charge on any atom is -0.478 e. The van der Waals surface area contributed by atoms with Gasteiger partial charge >= 0.3 is 5.97 Å². The van der Waals surface area contributed by atoms with Crippen LogP contribution >= 0.6 is 0 Å². The van der Waals surface area contributed by atoms with Crippen LogP contribution in [0.1, 0.15) is 53.1 Å². The number of aromatic nitrogens is 2. The number of carboxylic acids is 1. The molecule has 25 heavy (non-hydrogen) atoms. The van der Waals surface area contributed by atoms with Gasteiger partial charge in [0.25, 0.3) is 0 Å². The second kappa shape index (κ2) is 6.63. The van der Waals surface area contributed by atoms with Crippen LogP contribution in [0.2, 0.25) is 0 Å². The molecule has 0 amide bonds. The quantitative estimate of drug-likeness (QED) is 0.901. The van der Waals surface area contributed by atoms with Gasteiger partial charge in [0, 0.05) is 22.4 Å². The van der Waals surface area contributed by atoms with Crippen molar-refractivity contribution in [2.24, 2.45) is 0 Å². The Labute approximate surface area is 147 Å². The normalized spacial score (nSPS) is 16.2. The van der Waals surface area contributed by atoms with E-state index in [-0.39, 0.29) is 0 Å². The Morgan fingerprint density at radius 2 is 1.88 bits per heavy atom. The van der Waals surface area contributed by atoms with E-state index < -0.39 is 5.97 Å². The van der Waals surface area contributed by atoms with Crippen LogP contribution in [-0.2, 0) is 12.8 Å². The molecule has 4 nitrogen and oxygen atoms in total. The molecule has 126 valence electrons. The lowest BCUT2D eigenvalue weighted by Crippen LogP contribution is -2.13. The minimum absolute atomic E-state index is 0.299. The molecule has 2 aliphatic carbocycles. The van der Waals surface area contributed by atoms with Crippen LogP contribution in [0.4, 0.5) is 0 Å². The number of hydrogen-bond acceptors (Lipinski definition) is 3. The zero-order valence-corrected chi connectivity index (χ0v) is 14.0. The molecule has 1 aromatic heterocycles. The molecule has 0 unspecified atom stereocenters. The molecule has 4 rings (SSSR count). The number of fused-ring (bicyclic) bond motifs is 1. The molecule has 1 N–H and O–H groups in total. The molecule has 0 aliphatic heterocycles. The summed E-state index contributed by atoms with van der Waals surface area (Å²) in [5.74, 6) is -0.205. The third-order valence-electron chi connectivity index (χ3n) is 4.85. The molecule has 0 bridgehead atoms. The van der Waals surface area contributed by atoms with Crippen LogP contribution < -0.4 is 0 Å². The van der Waals surface area contributed by atoms with Gasteiger partial charge in [0.05, 0.1) is 11.3 Å². The van der Waals surface area contributed by atoms with Crippen LogP contribution in [0.5, 0.6) is 0 Å². The third-order valence-corrected chi connectivity index (χ3v) is 4.85. The zero-order chi connectivity index (χ0) is 17.2. The molecule has 2 aromatic rings. The van der Waals surface area contributed by atoms with E-state index in [4.69, 9.17) is 9.97 Å². The Balaban J connectivity index is 1.93. The molecular formula is C21H20N2O2. The summed E-state index contributed by atoms with van der Waals surface area (Å²) in [5.41, 5.74) is 5.01. The lowest BCUT2D eigenvalue weighted by Gasteiger charge is -2.20. The first-order valence-corrected chi connectivity index (χ1v) is 8.83. The fourth-order valence-corrected chi connectivity index (χ4v) is 3.60. The van der Waals surface area contributed by atoms with Crippen molar-refractivity contribution in [2.45, 2.75) is 38.5 Å². The number of carbonyl (C=O) groups is 1. The summed E-state index contributed by atoms with van der Waals surface area (Å²) in [6.07, 6.45) is 12.5. The van der Waals surface area contributed by atoms with Crippen LogP contribution in [0.3, 0.4) is 0 Å². The SMILES string of the molecule is O=C(O)c1ccccc1-c1nc(C2=CCCC=C2)nc2c1CCCC2. The third kappa shape index (κ3) is 3.00. The van der Waals surface area contributed by atoms with E-state index in [9.17, 15) is 9.90 Å². The lowest BCUT2D eigenvalue weighted by molar-refractivity contribution is 0.0697. The van der Waals surface area contributed by atoms with Crippen molar-refractivity contribution in [2.75, 3.05) is 0 Å². The van der Waals surface area contributed by atoms with Crippen molar-refractivity contribution in [1.29, 1.82) is 0 Å². The predicted octanol–water partition coefficient (Wildman–Crippen LogP) is 4.45. The van der Waals surface area contributed by atoms with Gasteiger partial charge in [-0.25, -0.2) is 14.8 Å². The number of hydrogen-bond donors (Lipinski definition) is 1. The van der Waals surface area contributed by atoms with E-state index in [0.29, 0.717) is 17.0 Å². The van der Waals surface area contributed by atoms with E-state index in [1.54, 1.807) is 12.1 Å². The number of nitrogens with zero attached hydrogens (tertiary/aromatic N) is 2. The Hall–Kier alpha value is -2.75. The Morgan fingerprint density at radius 1 is 1.04 bits per heavy atom. The van der Waals surface area contributed by atoms with Gasteiger partial charge in [-0.2, -0.15) is 0 Å². The van der Waals surface area contributed by atoms with Crippen LogP contribution in [-0.4, -0.2) is 21.0 Å². The average molecular weight is 332 g/mol. The maximum absolute atomic E-state index is 11.7. The van der Waals surface area contributed by atoms with E-state index in [1.165, 1.54) is 0 Å². The first-order valence-electron chi connectivity index (χ1n) is 8.83. The highest BCUT2D eigenvalue weighted by molar-refractivity contribution is 5.96. The van der Waals surface area contributed by atoms with Gasteiger partial charge in [-0.3, -0.25) is 0 Å². The van der Waals surface area contributed by atoms with E-state index in [0.717, 1.165) is 61.0 Å². The summed E-state index contributed by atoms with van der Waals surface area (Å²) >= 11 is 0. The summed E-state index contributed by atoms with van der Waals surface area (Å²) in [6, 6.07) is 7.14. The number of aromatic carboxylic acids is 1. The first-order chi connectivity index (χ1) is 12.2. The van der Waals surface area contributed by atoms with E-state index in [2.05, 4.69) is 18.2 Å². The summed E-state index contributed by atoms with van der Waals surface area (Å²) in [4.78, 5) is 21.3. The summed E-state index contributed by atoms with van der Waals surface area (Å²) in [6.45, 7) is 0. The largest absolute Gasteiger partial charge is 0.478 e. The maximum Gasteiger partial charge on any atom is 0.336 e. The number of allylic oxidation sites excluding steroid dienone is 4. The number of aryl methyl sites for hydroxylation is 1. The van der Waals surface area contributed by atoms with Crippen molar-refractivity contribution >= 4 is 11.5 Å². The van der Waals surface area contributed by atoms with Crippen LogP contribution in [0.25, 0.3) is 16.8 Å². The highest BCUT2D eigenvalue weighted by atomic mass is 16.4. The fourth-order valence-electron chi connectivity index (χ4n) is 3.60. The molecule has 0 saturated carbocycles. The van der Waals surface area contributed by atoms with Crippen LogP contribution in [0.15, 0.2) is 42.5 Å². The van der Waals surface area contributed by atoms with E-state index >= 15 is 0 Å². The molecule has 1 heterocycles. The molecule has 0 fully saturated rings. The van der Waals surface area contributed by atoms with Crippen molar-refractivity contribution in [3.63, 3.8) is 0 Å². The molecule has 2 aliphatic rings. The van der Waals surface area contributed by atoms with Crippen molar-refractivity contribution in [3.05, 3.63) is 65.1 Å². The minimum atomic E-state index is -0.919. The molecule has 0 atom stereocenters. The fraction of sp³-hybridized carbons (Fsp3) is 0.286. The molecular weight excluding hydrogens is 312 g/mol. The second-order valence-corrected chi connectivity index (χ2v) is 6.52. The van der Waals surface area contributed by atoms with Gasteiger partial charge in [0.15, 0.2) is 5.82 Å². The van der Waals surface area contributed by atoms with Crippen molar-refractivity contribution < 1.29 is 9.90 Å². The van der Waals surface area contributed by atoms with Gasteiger partial charge < -0.3 is 5.11 Å². The van der Waals surface area contributed by atoms with Crippen molar-refractivity contribution in [1.82, 2.24) is 9.97 Å². The van der Waals surface area contributed by atoms with Gasteiger partial charge in [-0.05, 0) is 44.6 Å². The zero-order valence-electron chi connectivity index (χ0n) is 14.0. The van der Waals surface area contributed by atoms with Gasteiger partial charge in [-0.15, -0.1) is 0 Å². The highest BCUT2D eigenvalue weighted by Crippen LogP contribution is 2.33. The van der Waals surface area contributed by atoms with Crippen LogP contribution in [0, 0.1) is 0 Å². The molecule has 4 heteroatoms. The highest BCUT2D eigenvalue weighted by Gasteiger charge is 2.22. The lowest BCUT2D eigenvalue weighted by atomic mass is 9.90. The van der Waals surface area contributed by atoms with Gasteiger partial charge in [0.2, 0.25) is 0 Å². The van der Waals surface area contributed by atoms with Crippen molar-refractivity contribution in [3.8, 4) is 11.3 Å². The van der Waals surface area contributed by atoms with E-state index in [1.807, 2.05) is 12.1 Å². The second-order valence-electron chi connectivity index (χ2n) is 6.52. The topological polar surface area (TPSA) is 63.1 Å². The molecule has 1 aromatic carbocycles. The summed E-state index contributed by atoms with van der Waals surface area (Å²) in [7, 11) is 0. The molecule has 0 radical (unpaired) electrons. The van der Waals surface area contributed by atoms with Gasteiger partial charge in [0.1, 0.15) is 0 Å². The Kier molecular flexibility index (Phi) is 4.18. The van der Waals surface area contributed by atoms with Gasteiger partial charge in [-0.1, -0.05) is 36.4 Å². The molecule has 0 spiro atoms. The smallest absolute Gasteiger partial charge is 0.336 e. The summed E-state index contributed by atoms with van der Waals surface area (Å²) in [5, 5.41) is 9.58. The maximum atomic E-state index is 11.7. The molecule has 0 saturated heterocycles. The Morgan fingerprint density at radius 3 is 2.68 bits per heavy atom. The predicted molar refractivity (Wildman–Crippen MR) is 97.4 cm³/mol. The average Bonchev–Trinajstić information content (AvgIpc) is 2.68. The number of benzene rings is 1. The number of rotatable bonds is 3. The Bertz CT molecular complexity index is 897. The standard InChI is InChI=1S/C21H20N2O2/c24-21(25)16-11-5-4-10-15(16)19-17-12-6-7-13-18(17)22-20(23-19)14-8-2-1-3-9-14/h2,4-5,8-11H,1,3,6-7,12-13H2,(H,24,25). The summed E-state index contributed by atoms with van der Waals surface area (Å²) < 4.78 is 0. The monoisotopic (exact) mass is 332 g/mol. The number of carboxylic acid groups (broad SMARTS) is 1. The first kappa shape index (κ1) is 15.8.